The number of aryl methyl sites for hydroxylation is 2. The molecule has 0 unspecified atom stereocenters. The Balaban J connectivity index is 1.99. The van der Waals surface area contributed by atoms with E-state index in [-0.39, 0.29) is 5.56 Å². The molecule has 1 aromatic carbocycles. The summed E-state index contributed by atoms with van der Waals surface area (Å²) < 4.78 is 1.90. The van der Waals surface area contributed by atoms with Crippen molar-refractivity contribution in [1.29, 1.82) is 0 Å². The maximum Gasteiger partial charge on any atom is 0.263 e. The number of nitrogens with zero attached hydrogens (tertiary/aromatic N) is 2. The van der Waals surface area contributed by atoms with Gasteiger partial charge in [-0.25, -0.2) is 4.98 Å². The summed E-state index contributed by atoms with van der Waals surface area (Å²) in [5.74, 6) is -0.0278. The standard InChI is InChI=1S/C16H16N4O2/c1-3-20-13-7-5-4-6-12(13)18-16(20)19-15(22)11-9-8-10(2)17-14(11)21/h4-9H,3H2,1-2H3,(H,17,21)(H,18,19,22). The zero-order valence-electron chi connectivity index (χ0n) is 12.4. The molecule has 3 aromatic rings. The maximum absolute atomic E-state index is 12.3. The summed E-state index contributed by atoms with van der Waals surface area (Å²) in [5, 5.41) is 2.72. The summed E-state index contributed by atoms with van der Waals surface area (Å²) in [5.41, 5.74) is 2.12. The molecule has 0 fully saturated rings. The predicted octanol–water partition coefficient (Wildman–Crippen LogP) is 2.31. The lowest BCUT2D eigenvalue weighted by molar-refractivity contribution is 0.102. The zero-order chi connectivity index (χ0) is 15.7. The number of pyridine rings is 1. The first kappa shape index (κ1) is 14.1. The van der Waals surface area contributed by atoms with Crippen LogP contribution in [0.5, 0.6) is 0 Å². The molecule has 1 amide bonds. The minimum absolute atomic E-state index is 0.0697. The molecule has 6 heteroatoms. The summed E-state index contributed by atoms with van der Waals surface area (Å²) in [6.45, 7) is 4.41. The molecule has 0 radical (unpaired) electrons. The summed E-state index contributed by atoms with van der Waals surface area (Å²) in [6, 6.07) is 10.9. The van der Waals surface area contributed by atoms with E-state index in [2.05, 4.69) is 15.3 Å². The fraction of sp³-hybridized carbons (Fsp3) is 0.188. The highest BCUT2D eigenvalue weighted by atomic mass is 16.2. The average molecular weight is 296 g/mol. The van der Waals surface area contributed by atoms with Crippen LogP contribution in [0.1, 0.15) is 23.0 Å². The van der Waals surface area contributed by atoms with E-state index in [1.807, 2.05) is 35.8 Å². The molecule has 0 saturated carbocycles. The van der Waals surface area contributed by atoms with Crippen molar-refractivity contribution in [3.05, 3.63) is 58.0 Å². The Morgan fingerprint density at radius 2 is 2.05 bits per heavy atom. The number of imidazole rings is 1. The number of hydrogen-bond acceptors (Lipinski definition) is 3. The lowest BCUT2D eigenvalue weighted by Gasteiger charge is -2.07. The Labute approximate surface area is 126 Å². The Morgan fingerprint density at radius 1 is 1.27 bits per heavy atom. The van der Waals surface area contributed by atoms with Crippen molar-refractivity contribution in [2.24, 2.45) is 0 Å². The van der Waals surface area contributed by atoms with Gasteiger partial charge in [0.1, 0.15) is 5.56 Å². The first-order valence-corrected chi connectivity index (χ1v) is 7.06. The van der Waals surface area contributed by atoms with Gasteiger partial charge in [0, 0.05) is 12.2 Å². The molecule has 0 aliphatic carbocycles. The van der Waals surface area contributed by atoms with Crippen LogP contribution in [-0.4, -0.2) is 20.4 Å². The molecule has 22 heavy (non-hydrogen) atoms. The molecule has 0 spiro atoms. The number of H-pyrrole nitrogens is 1. The number of para-hydroxylation sites is 2. The fourth-order valence-corrected chi connectivity index (χ4v) is 2.41. The first-order valence-electron chi connectivity index (χ1n) is 7.06. The van der Waals surface area contributed by atoms with E-state index < -0.39 is 11.5 Å². The molecule has 112 valence electrons. The third kappa shape index (κ3) is 2.39. The number of carbonyl (C=O) groups excluding carboxylic acids is 1. The number of fused-ring (bicyclic) bond motifs is 1. The molecule has 2 heterocycles. The van der Waals surface area contributed by atoms with Gasteiger partial charge in [-0.3, -0.25) is 14.9 Å². The smallest absolute Gasteiger partial charge is 0.263 e. The second-order valence-corrected chi connectivity index (χ2v) is 5.01. The van der Waals surface area contributed by atoms with Crippen LogP contribution in [0.4, 0.5) is 5.95 Å². The third-order valence-corrected chi connectivity index (χ3v) is 3.50. The monoisotopic (exact) mass is 296 g/mol. The molecule has 3 rings (SSSR count). The highest BCUT2D eigenvalue weighted by Crippen LogP contribution is 2.19. The van der Waals surface area contributed by atoms with Crippen molar-refractivity contribution in [2.45, 2.75) is 20.4 Å². The van der Waals surface area contributed by atoms with E-state index in [9.17, 15) is 9.59 Å². The van der Waals surface area contributed by atoms with Crippen LogP contribution in [0.3, 0.4) is 0 Å². The molecular weight excluding hydrogens is 280 g/mol. The molecule has 0 aliphatic rings. The topological polar surface area (TPSA) is 79.8 Å². The highest BCUT2D eigenvalue weighted by molar-refractivity contribution is 6.03. The number of benzene rings is 1. The number of aromatic amines is 1. The number of nitrogens with one attached hydrogen (secondary N) is 2. The number of hydrogen-bond donors (Lipinski definition) is 2. The van der Waals surface area contributed by atoms with E-state index in [1.165, 1.54) is 6.07 Å². The second-order valence-electron chi connectivity index (χ2n) is 5.01. The van der Waals surface area contributed by atoms with Crippen molar-refractivity contribution >= 4 is 22.9 Å². The second kappa shape index (κ2) is 5.48. The Hall–Kier alpha value is -2.89. The largest absolute Gasteiger partial charge is 0.326 e. The number of anilines is 1. The molecule has 0 aliphatic heterocycles. The SMILES string of the molecule is CCn1c(NC(=O)c2ccc(C)[nH]c2=O)nc2ccccc21. The zero-order valence-corrected chi connectivity index (χ0v) is 12.4. The summed E-state index contributed by atoms with van der Waals surface area (Å²) in [6.07, 6.45) is 0. The normalized spacial score (nSPS) is 10.8. The van der Waals surface area contributed by atoms with Crippen LogP contribution in [0.15, 0.2) is 41.2 Å². The molecule has 0 bridgehead atoms. The van der Waals surface area contributed by atoms with Crippen molar-refractivity contribution in [1.82, 2.24) is 14.5 Å². The Morgan fingerprint density at radius 3 is 2.77 bits per heavy atom. The highest BCUT2D eigenvalue weighted by Gasteiger charge is 2.15. The number of carbonyl (C=O) groups is 1. The van der Waals surface area contributed by atoms with Gasteiger partial charge in [-0.15, -0.1) is 0 Å². The quantitative estimate of drug-likeness (QED) is 0.778. The van der Waals surface area contributed by atoms with Crippen molar-refractivity contribution in [3.63, 3.8) is 0 Å². The van der Waals surface area contributed by atoms with Crippen LogP contribution >= 0.6 is 0 Å². The summed E-state index contributed by atoms with van der Waals surface area (Å²) in [7, 11) is 0. The molecular formula is C16H16N4O2. The van der Waals surface area contributed by atoms with Crippen LogP contribution < -0.4 is 10.9 Å². The van der Waals surface area contributed by atoms with Gasteiger partial charge in [-0.05, 0) is 38.1 Å². The summed E-state index contributed by atoms with van der Waals surface area (Å²) in [4.78, 5) is 31.2. The van der Waals surface area contributed by atoms with Crippen LogP contribution in [-0.2, 0) is 6.54 Å². The minimum Gasteiger partial charge on any atom is -0.326 e. The van der Waals surface area contributed by atoms with Crippen LogP contribution in [0, 0.1) is 6.92 Å². The number of amides is 1. The van der Waals surface area contributed by atoms with E-state index >= 15 is 0 Å². The molecule has 2 aromatic heterocycles. The maximum atomic E-state index is 12.3. The first-order chi connectivity index (χ1) is 10.6. The molecule has 6 nitrogen and oxygen atoms in total. The van der Waals surface area contributed by atoms with Gasteiger partial charge < -0.3 is 9.55 Å². The Bertz CT molecular complexity index is 908. The fourth-order valence-electron chi connectivity index (χ4n) is 2.41. The van der Waals surface area contributed by atoms with Crippen LogP contribution in [0.2, 0.25) is 0 Å². The number of rotatable bonds is 3. The van der Waals surface area contributed by atoms with E-state index in [0.29, 0.717) is 18.2 Å². The Kier molecular flexibility index (Phi) is 3.50. The lowest BCUT2D eigenvalue weighted by Crippen LogP contribution is -2.24. The van der Waals surface area contributed by atoms with E-state index in [0.717, 1.165) is 11.0 Å². The van der Waals surface area contributed by atoms with Gasteiger partial charge >= 0.3 is 0 Å². The van der Waals surface area contributed by atoms with Crippen molar-refractivity contribution in [2.75, 3.05) is 5.32 Å². The van der Waals surface area contributed by atoms with Gasteiger partial charge in [0.05, 0.1) is 11.0 Å². The summed E-state index contributed by atoms with van der Waals surface area (Å²) >= 11 is 0. The van der Waals surface area contributed by atoms with Gasteiger partial charge in [0.25, 0.3) is 11.5 Å². The van der Waals surface area contributed by atoms with Gasteiger partial charge in [0.2, 0.25) is 5.95 Å². The van der Waals surface area contributed by atoms with Crippen molar-refractivity contribution in [3.8, 4) is 0 Å². The van der Waals surface area contributed by atoms with E-state index in [4.69, 9.17) is 0 Å². The minimum atomic E-state index is -0.466. The van der Waals surface area contributed by atoms with Gasteiger partial charge in [0.15, 0.2) is 0 Å². The van der Waals surface area contributed by atoms with Gasteiger partial charge in [-0.1, -0.05) is 12.1 Å². The van der Waals surface area contributed by atoms with Crippen molar-refractivity contribution < 1.29 is 4.79 Å². The lowest BCUT2D eigenvalue weighted by atomic mass is 10.2. The molecule has 0 atom stereocenters. The predicted molar refractivity (Wildman–Crippen MR) is 85.2 cm³/mol. The number of aromatic nitrogens is 3. The van der Waals surface area contributed by atoms with Crippen LogP contribution in [0.25, 0.3) is 11.0 Å². The molecule has 0 saturated heterocycles. The van der Waals surface area contributed by atoms with E-state index in [1.54, 1.807) is 13.0 Å². The average Bonchev–Trinajstić information content (AvgIpc) is 2.83. The van der Waals surface area contributed by atoms with Gasteiger partial charge in [-0.2, -0.15) is 0 Å². The third-order valence-electron chi connectivity index (χ3n) is 3.50. The molecule has 2 N–H and O–H groups in total.